The van der Waals surface area contributed by atoms with Crippen molar-refractivity contribution in [2.45, 2.75) is 32.2 Å². The van der Waals surface area contributed by atoms with E-state index in [9.17, 15) is 4.79 Å². The fourth-order valence-electron chi connectivity index (χ4n) is 3.41. The highest BCUT2D eigenvalue weighted by Gasteiger charge is 2.24. The van der Waals surface area contributed by atoms with Gasteiger partial charge in [0.15, 0.2) is 0 Å². The largest absolute Gasteiger partial charge is 0.480 e. The van der Waals surface area contributed by atoms with Gasteiger partial charge in [0, 0.05) is 12.6 Å². The van der Waals surface area contributed by atoms with Gasteiger partial charge < -0.3 is 10.0 Å². The summed E-state index contributed by atoms with van der Waals surface area (Å²) in [5, 5.41) is 8.87. The van der Waals surface area contributed by atoms with E-state index in [4.69, 9.17) is 5.11 Å². The Morgan fingerprint density at radius 2 is 1.95 bits per heavy atom. The number of likely N-dealkylation sites (N-methyl/N-ethyl adjacent to an activating group) is 1. The molecule has 4 heteroatoms. The lowest BCUT2D eigenvalue weighted by Crippen LogP contribution is -2.45. The van der Waals surface area contributed by atoms with Crippen LogP contribution in [-0.2, 0) is 11.2 Å². The third-order valence-electron chi connectivity index (χ3n) is 4.56. The van der Waals surface area contributed by atoms with Crippen molar-refractivity contribution in [1.82, 2.24) is 9.80 Å². The van der Waals surface area contributed by atoms with Crippen LogP contribution in [0.15, 0.2) is 30.3 Å². The SMILES string of the molecule is CC(Cc1ccccc1)CN1CCC(N(C)CC(=O)O)CC1. The molecule has 1 saturated heterocycles. The number of piperidine rings is 1. The predicted octanol–water partition coefficient (Wildman–Crippen LogP) is 2.35. The monoisotopic (exact) mass is 304 g/mol. The molecule has 22 heavy (non-hydrogen) atoms. The van der Waals surface area contributed by atoms with Gasteiger partial charge in [0.25, 0.3) is 0 Å². The van der Waals surface area contributed by atoms with Crippen LogP contribution in [0.5, 0.6) is 0 Å². The molecular weight excluding hydrogens is 276 g/mol. The van der Waals surface area contributed by atoms with Gasteiger partial charge in [-0.1, -0.05) is 37.3 Å². The van der Waals surface area contributed by atoms with Crippen molar-refractivity contribution < 1.29 is 9.90 Å². The van der Waals surface area contributed by atoms with Gasteiger partial charge in [-0.2, -0.15) is 0 Å². The van der Waals surface area contributed by atoms with Crippen LogP contribution in [0.2, 0.25) is 0 Å². The fourth-order valence-corrected chi connectivity index (χ4v) is 3.41. The van der Waals surface area contributed by atoms with E-state index in [0.29, 0.717) is 12.0 Å². The van der Waals surface area contributed by atoms with E-state index in [1.165, 1.54) is 5.56 Å². The Labute approximate surface area is 133 Å². The van der Waals surface area contributed by atoms with Gasteiger partial charge in [-0.25, -0.2) is 0 Å². The predicted molar refractivity (Wildman–Crippen MR) is 89.0 cm³/mol. The Bertz CT molecular complexity index is 455. The molecule has 1 unspecified atom stereocenters. The lowest BCUT2D eigenvalue weighted by Gasteiger charge is -2.37. The molecule has 2 rings (SSSR count). The molecule has 122 valence electrons. The van der Waals surface area contributed by atoms with Crippen LogP contribution < -0.4 is 0 Å². The van der Waals surface area contributed by atoms with Gasteiger partial charge in [0.2, 0.25) is 0 Å². The third kappa shape index (κ3) is 5.43. The Balaban J connectivity index is 1.71. The molecule has 1 aliphatic rings. The van der Waals surface area contributed by atoms with E-state index in [1.54, 1.807) is 0 Å². The number of carbonyl (C=O) groups is 1. The molecule has 1 aromatic carbocycles. The molecular formula is C18H28N2O2. The molecule has 0 bridgehead atoms. The van der Waals surface area contributed by atoms with Crippen molar-refractivity contribution in [2.24, 2.45) is 5.92 Å². The zero-order valence-electron chi connectivity index (χ0n) is 13.7. The molecule has 1 aliphatic heterocycles. The summed E-state index contributed by atoms with van der Waals surface area (Å²) in [6.07, 6.45) is 3.27. The normalized spacial score (nSPS) is 18.5. The highest BCUT2D eigenvalue weighted by Crippen LogP contribution is 2.17. The number of rotatable bonds is 7. The molecule has 0 aliphatic carbocycles. The minimum atomic E-state index is -0.735. The van der Waals surface area contributed by atoms with Gasteiger partial charge >= 0.3 is 5.97 Å². The summed E-state index contributed by atoms with van der Waals surface area (Å²) in [5.74, 6) is -0.0860. The van der Waals surface area contributed by atoms with Gasteiger partial charge in [-0.3, -0.25) is 9.69 Å². The zero-order valence-corrected chi connectivity index (χ0v) is 13.7. The van der Waals surface area contributed by atoms with Gasteiger partial charge in [0.1, 0.15) is 0 Å². The molecule has 0 radical (unpaired) electrons. The second-order valence-corrected chi connectivity index (χ2v) is 6.64. The van der Waals surface area contributed by atoms with E-state index in [0.717, 1.165) is 38.9 Å². The van der Waals surface area contributed by atoms with Crippen molar-refractivity contribution in [1.29, 1.82) is 0 Å². The second kappa shape index (κ2) is 8.30. The van der Waals surface area contributed by atoms with Crippen LogP contribution in [0.25, 0.3) is 0 Å². The minimum absolute atomic E-state index is 0.148. The summed E-state index contributed by atoms with van der Waals surface area (Å²) in [6.45, 7) is 5.75. The van der Waals surface area contributed by atoms with Crippen LogP contribution >= 0.6 is 0 Å². The summed E-state index contributed by atoms with van der Waals surface area (Å²) in [6, 6.07) is 11.1. The number of nitrogens with zero attached hydrogens (tertiary/aromatic N) is 2. The number of likely N-dealkylation sites (tertiary alicyclic amines) is 1. The lowest BCUT2D eigenvalue weighted by molar-refractivity contribution is -0.138. The van der Waals surface area contributed by atoms with E-state index >= 15 is 0 Å². The summed E-state index contributed by atoms with van der Waals surface area (Å²) in [5.41, 5.74) is 1.41. The van der Waals surface area contributed by atoms with E-state index < -0.39 is 5.97 Å². The van der Waals surface area contributed by atoms with E-state index in [2.05, 4.69) is 42.2 Å². The topological polar surface area (TPSA) is 43.8 Å². The molecule has 0 aromatic heterocycles. The first kappa shape index (κ1) is 17.0. The van der Waals surface area contributed by atoms with Crippen LogP contribution in [0.3, 0.4) is 0 Å². The Hall–Kier alpha value is -1.39. The van der Waals surface area contributed by atoms with E-state index in [-0.39, 0.29) is 6.54 Å². The maximum atomic E-state index is 10.8. The molecule has 0 amide bonds. The minimum Gasteiger partial charge on any atom is -0.480 e. The van der Waals surface area contributed by atoms with Crippen molar-refractivity contribution >= 4 is 5.97 Å². The number of carboxylic acid groups (broad SMARTS) is 1. The first-order valence-corrected chi connectivity index (χ1v) is 8.23. The number of carboxylic acids is 1. The first-order valence-electron chi connectivity index (χ1n) is 8.23. The molecule has 1 N–H and O–H groups in total. The van der Waals surface area contributed by atoms with Crippen molar-refractivity contribution in [2.75, 3.05) is 33.2 Å². The highest BCUT2D eigenvalue weighted by molar-refractivity contribution is 5.69. The quantitative estimate of drug-likeness (QED) is 0.840. The van der Waals surface area contributed by atoms with E-state index in [1.807, 2.05) is 11.9 Å². The standard InChI is InChI=1S/C18H28N2O2/c1-15(12-16-6-4-3-5-7-16)13-20-10-8-17(9-11-20)19(2)14-18(21)22/h3-7,15,17H,8-14H2,1-2H3,(H,21,22). The van der Waals surface area contributed by atoms with Crippen molar-refractivity contribution in [3.05, 3.63) is 35.9 Å². The van der Waals surface area contributed by atoms with Crippen LogP contribution in [0.1, 0.15) is 25.3 Å². The fraction of sp³-hybridized carbons (Fsp3) is 0.611. The molecule has 0 spiro atoms. The Morgan fingerprint density at radius 1 is 1.32 bits per heavy atom. The molecule has 1 fully saturated rings. The number of hydrogen-bond acceptors (Lipinski definition) is 3. The highest BCUT2D eigenvalue weighted by atomic mass is 16.4. The Kier molecular flexibility index (Phi) is 6.40. The summed E-state index contributed by atoms with van der Waals surface area (Å²) >= 11 is 0. The smallest absolute Gasteiger partial charge is 0.317 e. The number of hydrogen-bond donors (Lipinski definition) is 1. The summed E-state index contributed by atoms with van der Waals surface area (Å²) in [4.78, 5) is 15.3. The molecule has 0 saturated carbocycles. The average molecular weight is 304 g/mol. The van der Waals surface area contributed by atoms with Crippen LogP contribution in [-0.4, -0.2) is 60.1 Å². The van der Waals surface area contributed by atoms with Gasteiger partial charge in [-0.15, -0.1) is 0 Å². The maximum Gasteiger partial charge on any atom is 0.317 e. The number of benzene rings is 1. The van der Waals surface area contributed by atoms with Crippen molar-refractivity contribution in [3.63, 3.8) is 0 Å². The third-order valence-corrected chi connectivity index (χ3v) is 4.56. The summed E-state index contributed by atoms with van der Waals surface area (Å²) in [7, 11) is 1.92. The van der Waals surface area contributed by atoms with Crippen molar-refractivity contribution in [3.8, 4) is 0 Å². The van der Waals surface area contributed by atoms with Gasteiger partial charge in [0.05, 0.1) is 6.54 Å². The molecule has 1 aromatic rings. The first-order chi connectivity index (χ1) is 10.5. The second-order valence-electron chi connectivity index (χ2n) is 6.64. The van der Waals surface area contributed by atoms with Crippen LogP contribution in [0.4, 0.5) is 0 Å². The number of aliphatic carboxylic acids is 1. The molecule has 1 heterocycles. The maximum absolute atomic E-state index is 10.8. The average Bonchev–Trinajstić information content (AvgIpc) is 2.48. The lowest BCUT2D eigenvalue weighted by atomic mass is 9.98. The van der Waals surface area contributed by atoms with Crippen LogP contribution in [0, 0.1) is 5.92 Å². The molecule has 1 atom stereocenters. The zero-order chi connectivity index (χ0) is 15.9. The van der Waals surface area contributed by atoms with Gasteiger partial charge in [-0.05, 0) is 50.9 Å². The summed E-state index contributed by atoms with van der Waals surface area (Å²) < 4.78 is 0. The molecule has 4 nitrogen and oxygen atoms in total. The Morgan fingerprint density at radius 3 is 2.55 bits per heavy atom.